The highest BCUT2D eigenvalue weighted by Gasteiger charge is 2.31. The largest absolute Gasteiger partial charge is 0.492 e. The van der Waals surface area contributed by atoms with Crippen molar-refractivity contribution < 1.29 is 4.74 Å². The van der Waals surface area contributed by atoms with Gasteiger partial charge in [0, 0.05) is 12.6 Å². The molecule has 0 spiro atoms. The average Bonchev–Trinajstić information content (AvgIpc) is 2.72. The van der Waals surface area contributed by atoms with Crippen LogP contribution < -0.4 is 9.64 Å². The third kappa shape index (κ3) is 2.21. The standard InChI is InChI=1S/C14H18N2O/c1-3-17-14-7-5-4-6-13(14)16-9-8-12(10-15)11(16)2/h4-7,11-12H,3,8-9H2,1-2H3. The summed E-state index contributed by atoms with van der Waals surface area (Å²) in [5, 5.41) is 9.07. The Kier molecular flexibility index (Phi) is 3.53. The minimum atomic E-state index is 0.129. The summed E-state index contributed by atoms with van der Waals surface area (Å²) >= 11 is 0. The SMILES string of the molecule is CCOc1ccccc1N1CCC(C#N)C1C. The highest BCUT2D eigenvalue weighted by atomic mass is 16.5. The van der Waals surface area contributed by atoms with E-state index in [9.17, 15) is 0 Å². The second kappa shape index (κ2) is 5.09. The van der Waals surface area contributed by atoms with Crippen LogP contribution in [0.4, 0.5) is 5.69 Å². The zero-order valence-corrected chi connectivity index (χ0v) is 10.4. The Labute approximate surface area is 103 Å². The Hall–Kier alpha value is -1.69. The molecule has 17 heavy (non-hydrogen) atoms. The molecule has 3 nitrogen and oxygen atoms in total. The molecule has 0 bridgehead atoms. The molecule has 0 amide bonds. The summed E-state index contributed by atoms with van der Waals surface area (Å²) in [4.78, 5) is 2.28. The molecule has 1 heterocycles. The van der Waals surface area contributed by atoms with E-state index in [-0.39, 0.29) is 12.0 Å². The Morgan fingerprint density at radius 1 is 1.47 bits per heavy atom. The summed E-state index contributed by atoms with van der Waals surface area (Å²) in [5.74, 6) is 1.05. The molecular weight excluding hydrogens is 212 g/mol. The molecule has 2 rings (SSSR count). The van der Waals surface area contributed by atoms with E-state index < -0.39 is 0 Å². The van der Waals surface area contributed by atoms with Crippen LogP contribution in [0.1, 0.15) is 20.3 Å². The predicted octanol–water partition coefficient (Wildman–Crippen LogP) is 2.82. The number of ether oxygens (including phenoxy) is 1. The molecule has 1 aromatic rings. The van der Waals surface area contributed by atoms with E-state index in [1.165, 1.54) is 0 Å². The Bertz CT molecular complexity index is 424. The van der Waals surface area contributed by atoms with Crippen molar-refractivity contribution in [3.05, 3.63) is 24.3 Å². The molecule has 0 aliphatic carbocycles. The second-order valence-electron chi connectivity index (χ2n) is 4.36. The average molecular weight is 230 g/mol. The molecule has 0 aromatic heterocycles. The monoisotopic (exact) mass is 230 g/mol. The summed E-state index contributed by atoms with van der Waals surface area (Å²) in [6, 6.07) is 10.7. The molecule has 90 valence electrons. The van der Waals surface area contributed by atoms with Crippen LogP contribution in [-0.4, -0.2) is 19.2 Å². The lowest BCUT2D eigenvalue weighted by Gasteiger charge is -2.26. The number of para-hydroxylation sites is 2. The van der Waals surface area contributed by atoms with Crippen molar-refractivity contribution in [2.45, 2.75) is 26.3 Å². The summed E-state index contributed by atoms with van der Waals surface area (Å²) in [6.45, 7) is 5.70. The molecule has 0 radical (unpaired) electrons. The van der Waals surface area contributed by atoms with Crippen LogP contribution in [0.25, 0.3) is 0 Å². The predicted molar refractivity (Wildman–Crippen MR) is 68.1 cm³/mol. The summed E-state index contributed by atoms with van der Waals surface area (Å²) in [7, 11) is 0. The third-order valence-electron chi connectivity index (χ3n) is 3.40. The number of rotatable bonds is 3. The van der Waals surface area contributed by atoms with E-state index in [0.29, 0.717) is 6.61 Å². The smallest absolute Gasteiger partial charge is 0.142 e. The van der Waals surface area contributed by atoms with Crippen molar-refractivity contribution in [1.82, 2.24) is 0 Å². The van der Waals surface area contributed by atoms with Gasteiger partial charge in [-0.05, 0) is 32.4 Å². The summed E-state index contributed by atoms with van der Waals surface area (Å²) < 4.78 is 5.64. The van der Waals surface area contributed by atoms with Crippen LogP contribution in [0.3, 0.4) is 0 Å². The van der Waals surface area contributed by atoms with Gasteiger partial charge in [0.2, 0.25) is 0 Å². The van der Waals surface area contributed by atoms with Gasteiger partial charge < -0.3 is 9.64 Å². The number of hydrogen-bond donors (Lipinski definition) is 0. The van der Waals surface area contributed by atoms with Crippen LogP contribution >= 0.6 is 0 Å². The van der Waals surface area contributed by atoms with Crippen molar-refractivity contribution >= 4 is 5.69 Å². The maximum absolute atomic E-state index is 9.07. The number of nitrogens with zero attached hydrogens (tertiary/aromatic N) is 2. The van der Waals surface area contributed by atoms with Crippen LogP contribution in [0.2, 0.25) is 0 Å². The first-order valence-corrected chi connectivity index (χ1v) is 6.16. The van der Waals surface area contributed by atoms with Gasteiger partial charge in [-0.25, -0.2) is 0 Å². The molecule has 1 aliphatic rings. The van der Waals surface area contributed by atoms with Crippen LogP contribution in [0.15, 0.2) is 24.3 Å². The maximum Gasteiger partial charge on any atom is 0.142 e. The minimum Gasteiger partial charge on any atom is -0.492 e. The number of anilines is 1. The van der Waals surface area contributed by atoms with Gasteiger partial charge in [0.05, 0.1) is 24.3 Å². The van der Waals surface area contributed by atoms with E-state index in [2.05, 4.69) is 24.0 Å². The fraction of sp³-hybridized carbons (Fsp3) is 0.500. The zero-order chi connectivity index (χ0) is 12.3. The van der Waals surface area contributed by atoms with Crippen molar-refractivity contribution in [2.75, 3.05) is 18.1 Å². The van der Waals surface area contributed by atoms with Crippen molar-refractivity contribution in [1.29, 1.82) is 5.26 Å². The fourth-order valence-electron chi connectivity index (χ4n) is 2.42. The zero-order valence-electron chi connectivity index (χ0n) is 10.4. The van der Waals surface area contributed by atoms with Crippen LogP contribution in [-0.2, 0) is 0 Å². The molecule has 0 saturated carbocycles. The molecule has 1 aliphatic heterocycles. The topological polar surface area (TPSA) is 36.3 Å². The van der Waals surface area contributed by atoms with Gasteiger partial charge in [-0.1, -0.05) is 12.1 Å². The van der Waals surface area contributed by atoms with Gasteiger partial charge in [0.15, 0.2) is 0 Å². The van der Waals surface area contributed by atoms with Crippen LogP contribution in [0.5, 0.6) is 5.75 Å². The first-order chi connectivity index (χ1) is 8.27. The highest BCUT2D eigenvalue weighted by Crippen LogP contribution is 2.35. The van der Waals surface area contributed by atoms with Crippen molar-refractivity contribution in [3.8, 4) is 11.8 Å². The first-order valence-electron chi connectivity index (χ1n) is 6.16. The van der Waals surface area contributed by atoms with Crippen LogP contribution in [0, 0.1) is 17.2 Å². The van der Waals surface area contributed by atoms with E-state index in [1.807, 2.05) is 25.1 Å². The highest BCUT2D eigenvalue weighted by molar-refractivity contribution is 5.60. The van der Waals surface area contributed by atoms with Gasteiger partial charge in [0.1, 0.15) is 5.75 Å². The van der Waals surface area contributed by atoms with Gasteiger partial charge >= 0.3 is 0 Å². The van der Waals surface area contributed by atoms with Gasteiger partial charge in [-0.15, -0.1) is 0 Å². The maximum atomic E-state index is 9.07. The lowest BCUT2D eigenvalue weighted by atomic mass is 10.0. The van der Waals surface area contributed by atoms with E-state index >= 15 is 0 Å². The summed E-state index contributed by atoms with van der Waals surface area (Å²) in [5.41, 5.74) is 1.11. The lowest BCUT2D eigenvalue weighted by Crippen LogP contribution is -2.29. The number of hydrogen-bond acceptors (Lipinski definition) is 3. The third-order valence-corrected chi connectivity index (χ3v) is 3.40. The Morgan fingerprint density at radius 3 is 2.88 bits per heavy atom. The molecule has 1 aromatic carbocycles. The lowest BCUT2D eigenvalue weighted by molar-refractivity contribution is 0.340. The van der Waals surface area contributed by atoms with Gasteiger partial charge in [0.25, 0.3) is 0 Å². The molecule has 2 unspecified atom stereocenters. The van der Waals surface area contributed by atoms with Crippen molar-refractivity contribution in [3.63, 3.8) is 0 Å². The quantitative estimate of drug-likeness (QED) is 0.801. The molecular formula is C14H18N2O. The van der Waals surface area contributed by atoms with Gasteiger partial charge in [-0.3, -0.25) is 0 Å². The molecule has 1 saturated heterocycles. The Morgan fingerprint density at radius 2 is 2.24 bits per heavy atom. The summed E-state index contributed by atoms with van der Waals surface area (Å²) in [6.07, 6.45) is 0.943. The van der Waals surface area contributed by atoms with E-state index in [1.54, 1.807) is 0 Å². The first kappa shape index (κ1) is 11.8. The molecule has 2 atom stereocenters. The minimum absolute atomic E-state index is 0.129. The molecule has 1 fully saturated rings. The molecule has 3 heteroatoms. The van der Waals surface area contributed by atoms with Gasteiger partial charge in [-0.2, -0.15) is 5.26 Å². The fourth-order valence-corrected chi connectivity index (χ4v) is 2.42. The normalized spacial score (nSPS) is 23.5. The van der Waals surface area contributed by atoms with E-state index in [4.69, 9.17) is 10.00 Å². The molecule has 0 N–H and O–H groups in total. The number of benzene rings is 1. The van der Waals surface area contributed by atoms with E-state index in [0.717, 1.165) is 24.4 Å². The van der Waals surface area contributed by atoms with Crippen molar-refractivity contribution in [2.24, 2.45) is 5.92 Å². The second-order valence-corrected chi connectivity index (χ2v) is 4.36. The Balaban J connectivity index is 2.26. The number of nitriles is 1.